The van der Waals surface area contributed by atoms with E-state index in [4.69, 9.17) is 10.3 Å². The van der Waals surface area contributed by atoms with E-state index in [9.17, 15) is 4.79 Å². The third kappa shape index (κ3) is 2.79. The van der Waals surface area contributed by atoms with Crippen LogP contribution in [0.15, 0.2) is 16.8 Å². The first kappa shape index (κ1) is 12.8. The molecule has 0 amide bonds. The summed E-state index contributed by atoms with van der Waals surface area (Å²) in [5.74, 6) is 0.790. The first-order valence-corrected chi connectivity index (χ1v) is 5.47. The number of nitrogens with two attached hydrogens (primary N) is 1. The Morgan fingerprint density at radius 3 is 3.00 bits per heavy atom. The van der Waals surface area contributed by atoms with Crippen molar-refractivity contribution in [2.24, 2.45) is 0 Å². The molecule has 100 valence electrons. The summed E-state index contributed by atoms with van der Waals surface area (Å²) in [7, 11) is 1.29. The van der Waals surface area contributed by atoms with Crippen molar-refractivity contribution in [1.29, 1.82) is 0 Å². The number of hydrogen-bond acceptors (Lipinski definition) is 8. The highest BCUT2D eigenvalue weighted by atomic mass is 16.5. The molecule has 0 unspecified atom stereocenters. The molecule has 2 rings (SSSR count). The normalized spacial score (nSPS) is 10.2. The average Bonchev–Trinajstić information content (AvgIpc) is 2.82. The summed E-state index contributed by atoms with van der Waals surface area (Å²) in [5, 5.41) is 6.58. The van der Waals surface area contributed by atoms with Crippen molar-refractivity contribution in [3.8, 4) is 0 Å². The second kappa shape index (κ2) is 5.34. The number of aryl methyl sites for hydroxylation is 1. The van der Waals surface area contributed by atoms with E-state index >= 15 is 0 Å². The Labute approximate surface area is 109 Å². The predicted octanol–water partition coefficient (Wildman–Crippen LogP) is 0.754. The van der Waals surface area contributed by atoms with Crippen LogP contribution >= 0.6 is 0 Å². The molecule has 2 heterocycles. The smallest absolute Gasteiger partial charge is 0.340 e. The predicted molar refractivity (Wildman–Crippen MR) is 66.4 cm³/mol. The summed E-state index contributed by atoms with van der Waals surface area (Å²) in [5.41, 5.74) is 6.30. The largest absolute Gasteiger partial charge is 0.465 e. The molecule has 19 heavy (non-hydrogen) atoms. The van der Waals surface area contributed by atoms with Crippen molar-refractivity contribution >= 4 is 17.5 Å². The molecule has 0 aliphatic carbocycles. The van der Waals surface area contributed by atoms with Crippen LogP contribution in [0.5, 0.6) is 0 Å². The van der Waals surface area contributed by atoms with E-state index in [1.165, 1.54) is 19.4 Å². The zero-order valence-corrected chi connectivity index (χ0v) is 10.5. The molecule has 0 radical (unpaired) electrons. The lowest BCUT2D eigenvalue weighted by atomic mass is 10.2. The number of nitrogens with zero attached hydrogens (tertiary/aromatic N) is 3. The van der Waals surface area contributed by atoms with Gasteiger partial charge in [0.25, 0.3) is 0 Å². The van der Waals surface area contributed by atoms with Gasteiger partial charge >= 0.3 is 5.97 Å². The molecule has 0 aliphatic heterocycles. The van der Waals surface area contributed by atoms with Gasteiger partial charge in [-0.25, -0.2) is 9.78 Å². The number of ether oxygens (including phenoxy) is 1. The summed E-state index contributed by atoms with van der Waals surface area (Å²) in [6.07, 6.45) is 1.46. The van der Waals surface area contributed by atoms with Gasteiger partial charge in [0.2, 0.25) is 5.89 Å². The number of carbonyl (C=O) groups is 1. The van der Waals surface area contributed by atoms with Crippen LogP contribution in [-0.2, 0) is 11.3 Å². The van der Waals surface area contributed by atoms with Crippen molar-refractivity contribution in [3.63, 3.8) is 0 Å². The van der Waals surface area contributed by atoms with E-state index < -0.39 is 5.97 Å². The molecule has 0 bridgehead atoms. The fourth-order valence-electron chi connectivity index (χ4n) is 1.47. The van der Waals surface area contributed by atoms with Gasteiger partial charge in [-0.2, -0.15) is 4.98 Å². The van der Waals surface area contributed by atoms with Gasteiger partial charge in [0, 0.05) is 6.20 Å². The van der Waals surface area contributed by atoms with Crippen molar-refractivity contribution in [1.82, 2.24) is 15.1 Å². The van der Waals surface area contributed by atoms with E-state index in [0.717, 1.165) is 0 Å². The molecule has 0 aliphatic rings. The monoisotopic (exact) mass is 263 g/mol. The summed E-state index contributed by atoms with van der Waals surface area (Å²) >= 11 is 0. The van der Waals surface area contributed by atoms with Gasteiger partial charge in [-0.15, -0.1) is 0 Å². The van der Waals surface area contributed by atoms with Gasteiger partial charge < -0.3 is 20.3 Å². The molecule has 8 nitrogen and oxygen atoms in total. The summed E-state index contributed by atoms with van der Waals surface area (Å²) in [4.78, 5) is 19.5. The standard InChI is InChI=1S/C11H13N5O3/c1-6-15-8(19-16-6)5-14-10-9(12)7(3-4-13-10)11(17)18-2/h3-4H,5,12H2,1-2H3,(H,13,14). The quantitative estimate of drug-likeness (QED) is 0.776. The highest BCUT2D eigenvalue weighted by molar-refractivity contribution is 5.97. The Bertz CT molecular complexity index is 596. The lowest BCUT2D eigenvalue weighted by molar-refractivity contribution is 0.0602. The molecular formula is C11H13N5O3. The first-order valence-electron chi connectivity index (χ1n) is 5.47. The van der Waals surface area contributed by atoms with Crippen LogP contribution in [0.2, 0.25) is 0 Å². The summed E-state index contributed by atoms with van der Waals surface area (Å²) in [6.45, 7) is 1.99. The number of hydrogen-bond donors (Lipinski definition) is 2. The maximum atomic E-state index is 11.5. The summed E-state index contributed by atoms with van der Waals surface area (Å²) in [6, 6.07) is 1.49. The third-order valence-corrected chi connectivity index (χ3v) is 2.37. The molecule has 2 aromatic heterocycles. The zero-order chi connectivity index (χ0) is 13.8. The van der Waals surface area contributed by atoms with Crippen molar-refractivity contribution in [2.75, 3.05) is 18.2 Å². The average molecular weight is 263 g/mol. The molecule has 2 aromatic rings. The molecule has 0 fully saturated rings. The number of aromatic nitrogens is 3. The maximum Gasteiger partial charge on any atom is 0.340 e. The van der Waals surface area contributed by atoms with Crippen LogP contribution in [0.4, 0.5) is 11.5 Å². The number of pyridine rings is 1. The third-order valence-electron chi connectivity index (χ3n) is 2.37. The van der Waals surface area contributed by atoms with E-state index in [1.54, 1.807) is 6.92 Å². The first-order chi connectivity index (χ1) is 9.11. The van der Waals surface area contributed by atoms with Crippen LogP contribution in [0.3, 0.4) is 0 Å². The SMILES string of the molecule is COC(=O)c1ccnc(NCc2nc(C)no2)c1N. The van der Waals surface area contributed by atoms with Crippen LogP contribution < -0.4 is 11.1 Å². The van der Waals surface area contributed by atoms with Gasteiger partial charge in [0.15, 0.2) is 5.82 Å². The van der Waals surface area contributed by atoms with Gasteiger partial charge in [-0.3, -0.25) is 0 Å². The minimum Gasteiger partial charge on any atom is -0.465 e. The molecule has 0 saturated carbocycles. The highest BCUT2D eigenvalue weighted by Gasteiger charge is 2.14. The Morgan fingerprint density at radius 2 is 2.37 bits per heavy atom. The van der Waals surface area contributed by atoms with E-state index in [-0.39, 0.29) is 17.8 Å². The fourth-order valence-corrected chi connectivity index (χ4v) is 1.47. The Balaban J connectivity index is 2.14. The Kier molecular flexibility index (Phi) is 3.60. The van der Waals surface area contributed by atoms with Gasteiger partial charge in [-0.05, 0) is 13.0 Å². The number of methoxy groups -OCH3 is 1. The number of anilines is 2. The molecule has 0 spiro atoms. The topological polar surface area (TPSA) is 116 Å². The zero-order valence-electron chi connectivity index (χ0n) is 10.5. The Morgan fingerprint density at radius 1 is 1.58 bits per heavy atom. The lowest BCUT2D eigenvalue weighted by Gasteiger charge is -2.09. The molecule has 0 saturated heterocycles. The minimum absolute atomic E-state index is 0.214. The van der Waals surface area contributed by atoms with E-state index in [2.05, 4.69) is 25.2 Å². The van der Waals surface area contributed by atoms with Crippen LogP contribution in [0, 0.1) is 6.92 Å². The molecular weight excluding hydrogens is 250 g/mol. The second-order valence-electron chi connectivity index (χ2n) is 3.70. The maximum absolute atomic E-state index is 11.5. The number of rotatable bonds is 4. The molecule has 0 atom stereocenters. The number of esters is 1. The van der Waals surface area contributed by atoms with Gasteiger partial charge in [0.05, 0.1) is 24.9 Å². The number of nitrogens with one attached hydrogen (secondary N) is 1. The highest BCUT2D eigenvalue weighted by Crippen LogP contribution is 2.21. The van der Waals surface area contributed by atoms with Gasteiger partial charge in [-0.1, -0.05) is 5.16 Å². The van der Waals surface area contributed by atoms with Crippen molar-refractivity contribution < 1.29 is 14.1 Å². The molecule has 8 heteroatoms. The van der Waals surface area contributed by atoms with Crippen molar-refractivity contribution in [2.45, 2.75) is 13.5 Å². The van der Waals surface area contributed by atoms with Crippen LogP contribution in [-0.4, -0.2) is 28.2 Å². The fraction of sp³-hybridized carbons (Fsp3) is 0.273. The number of carbonyl (C=O) groups excluding carboxylic acids is 1. The molecule has 0 aromatic carbocycles. The van der Waals surface area contributed by atoms with E-state index in [0.29, 0.717) is 17.5 Å². The van der Waals surface area contributed by atoms with Crippen LogP contribution in [0.1, 0.15) is 22.1 Å². The van der Waals surface area contributed by atoms with Gasteiger partial charge in [0.1, 0.15) is 5.82 Å². The van der Waals surface area contributed by atoms with Crippen LogP contribution in [0.25, 0.3) is 0 Å². The lowest BCUT2D eigenvalue weighted by Crippen LogP contribution is -2.10. The van der Waals surface area contributed by atoms with E-state index in [1.807, 2.05) is 0 Å². The Hall–Kier alpha value is -2.64. The minimum atomic E-state index is -0.517. The van der Waals surface area contributed by atoms with Crippen molar-refractivity contribution in [3.05, 3.63) is 29.5 Å². The molecule has 3 N–H and O–H groups in total. The second-order valence-corrected chi connectivity index (χ2v) is 3.70. The number of nitrogen functional groups attached to an aromatic ring is 1. The summed E-state index contributed by atoms with van der Waals surface area (Å²) < 4.78 is 9.56.